The van der Waals surface area contributed by atoms with Crippen molar-refractivity contribution < 1.29 is 17.2 Å². The van der Waals surface area contributed by atoms with Gasteiger partial charge in [0.2, 0.25) is 10.0 Å². The fraction of sp³-hybridized carbons (Fsp3) is 0.333. The molecule has 0 aromatic heterocycles. The van der Waals surface area contributed by atoms with Crippen LogP contribution in [0.1, 0.15) is 0 Å². The minimum absolute atomic E-state index is 0. The number of hydrogen-bond acceptors (Lipinski definition) is 3. The van der Waals surface area contributed by atoms with E-state index < -0.39 is 26.6 Å². The molecule has 0 heterocycles. The second-order valence-electron chi connectivity index (χ2n) is 3.20. The zero-order valence-electron chi connectivity index (χ0n) is 9.34. The lowest BCUT2D eigenvalue weighted by molar-refractivity contribution is 0.543. The van der Waals surface area contributed by atoms with Crippen LogP contribution in [0.3, 0.4) is 0 Å². The normalized spacial score (nSPS) is 11.1. The van der Waals surface area contributed by atoms with Crippen molar-refractivity contribution in [3.63, 3.8) is 0 Å². The maximum atomic E-state index is 13.4. The fourth-order valence-corrected chi connectivity index (χ4v) is 2.51. The second-order valence-corrected chi connectivity index (χ2v) is 5.79. The van der Waals surface area contributed by atoms with Gasteiger partial charge < -0.3 is 5.32 Å². The molecule has 1 rings (SSSR count). The molecule has 4 nitrogen and oxygen atoms in total. The van der Waals surface area contributed by atoms with Gasteiger partial charge in [-0.3, -0.25) is 0 Å². The highest BCUT2D eigenvalue weighted by molar-refractivity contribution is 9.10. The van der Waals surface area contributed by atoms with Crippen LogP contribution in [0.25, 0.3) is 0 Å². The predicted octanol–water partition coefficient (Wildman–Crippen LogP) is 1.65. The lowest BCUT2D eigenvalue weighted by Crippen LogP contribution is -2.31. The SMILES string of the molecule is CNCCNS(=O)(=O)c1cc(F)c(Br)cc1F.Cl. The first-order chi connectivity index (χ1) is 7.88. The average Bonchev–Trinajstić information content (AvgIpc) is 2.23. The summed E-state index contributed by atoms with van der Waals surface area (Å²) in [4.78, 5) is -0.700. The molecular formula is C9H12BrClF2N2O2S. The third-order valence-electron chi connectivity index (χ3n) is 1.93. The summed E-state index contributed by atoms with van der Waals surface area (Å²) >= 11 is 2.77. The van der Waals surface area contributed by atoms with E-state index in [0.717, 1.165) is 6.07 Å². The molecule has 0 aliphatic heterocycles. The molecule has 0 fully saturated rings. The maximum absolute atomic E-state index is 13.4. The Morgan fingerprint density at radius 3 is 2.39 bits per heavy atom. The first kappa shape index (κ1) is 17.7. The molecule has 0 saturated carbocycles. The average molecular weight is 366 g/mol. The molecule has 0 amide bonds. The van der Waals surface area contributed by atoms with Crippen molar-refractivity contribution in [3.8, 4) is 0 Å². The van der Waals surface area contributed by atoms with Gasteiger partial charge in [-0.1, -0.05) is 0 Å². The molecule has 0 aliphatic carbocycles. The molecule has 0 bridgehead atoms. The topological polar surface area (TPSA) is 58.2 Å². The van der Waals surface area contributed by atoms with E-state index in [4.69, 9.17) is 0 Å². The smallest absolute Gasteiger partial charge is 0.243 e. The first-order valence-electron chi connectivity index (χ1n) is 4.67. The largest absolute Gasteiger partial charge is 0.318 e. The molecule has 1 aromatic carbocycles. The van der Waals surface area contributed by atoms with Crippen molar-refractivity contribution >= 4 is 38.4 Å². The standard InChI is InChI=1S/C9H11BrF2N2O2S.ClH/c1-13-2-3-14-17(15,16)9-5-7(11)6(10)4-8(9)12;/h4-5,13-14H,2-3H2,1H3;1H. The van der Waals surface area contributed by atoms with Gasteiger partial charge in [0.1, 0.15) is 16.5 Å². The summed E-state index contributed by atoms with van der Waals surface area (Å²) in [6, 6.07) is 1.42. The second kappa shape index (κ2) is 7.34. The molecule has 18 heavy (non-hydrogen) atoms. The van der Waals surface area contributed by atoms with Crippen LogP contribution in [0.5, 0.6) is 0 Å². The Balaban J connectivity index is 0.00000289. The van der Waals surface area contributed by atoms with Crippen LogP contribution in [0.15, 0.2) is 21.5 Å². The summed E-state index contributed by atoms with van der Waals surface area (Å²) in [6.45, 7) is 0.482. The number of sulfonamides is 1. The minimum atomic E-state index is -4.03. The van der Waals surface area contributed by atoms with Crippen molar-refractivity contribution in [1.29, 1.82) is 0 Å². The van der Waals surface area contributed by atoms with Gasteiger partial charge in [0.15, 0.2) is 0 Å². The predicted molar refractivity (Wildman–Crippen MR) is 70.4 cm³/mol. The van der Waals surface area contributed by atoms with E-state index in [2.05, 4.69) is 26.0 Å². The molecule has 104 valence electrons. The highest BCUT2D eigenvalue weighted by Crippen LogP contribution is 2.22. The molecule has 0 radical (unpaired) electrons. The molecule has 0 unspecified atom stereocenters. The third-order valence-corrected chi connectivity index (χ3v) is 4.02. The Labute approximate surface area is 119 Å². The summed E-state index contributed by atoms with van der Waals surface area (Å²) in [5.74, 6) is -1.84. The Bertz CT molecular complexity index is 514. The van der Waals surface area contributed by atoms with Crippen LogP contribution in [-0.4, -0.2) is 28.6 Å². The van der Waals surface area contributed by atoms with Crippen LogP contribution in [-0.2, 0) is 10.0 Å². The molecule has 0 atom stereocenters. The molecule has 2 N–H and O–H groups in total. The Morgan fingerprint density at radius 1 is 1.22 bits per heavy atom. The maximum Gasteiger partial charge on any atom is 0.243 e. The van der Waals surface area contributed by atoms with Crippen LogP contribution in [0, 0.1) is 11.6 Å². The third kappa shape index (κ3) is 4.43. The van der Waals surface area contributed by atoms with Gasteiger partial charge in [0.25, 0.3) is 0 Å². The summed E-state index contributed by atoms with van der Waals surface area (Å²) < 4.78 is 51.9. The highest BCUT2D eigenvalue weighted by Gasteiger charge is 2.20. The first-order valence-corrected chi connectivity index (χ1v) is 6.95. The van der Waals surface area contributed by atoms with Crippen molar-refractivity contribution in [2.75, 3.05) is 20.1 Å². The van der Waals surface area contributed by atoms with E-state index in [1.807, 2.05) is 0 Å². The Kier molecular flexibility index (Phi) is 7.23. The van der Waals surface area contributed by atoms with E-state index in [-0.39, 0.29) is 23.4 Å². The fourth-order valence-electron chi connectivity index (χ4n) is 1.10. The van der Waals surface area contributed by atoms with Gasteiger partial charge in [0.05, 0.1) is 4.47 Å². The van der Waals surface area contributed by atoms with E-state index in [0.29, 0.717) is 12.6 Å². The molecule has 1 aromatic rings. The van der Waals surface area contributed by atoms with Gasteiger partial charge in [-0.2, -0.15) is 0 Å². The van der Waals surface area contributed by atoms with Gasteiger partial charge in [-0.15, -0.1) is 12.4 Å². The quantitative estimate of drug-likeness (QED) is 0.616. The van der Waals surface area contributed by atoms with Crippen LogP contribution in [0.2, 0.25) is 0 Å². The molecule has 0 aliphatic rings. The molecule has 0 spiro atoms. The lowest BCUT2D eigenvalue weighted by atomic mass is 10.3. The lowest BCUT2D eigenvalue weighted by Gasteiger charge is -2.08. The summed E-state index contributed by atoms with van der Waals surface area (Å²) in [7, 11) is -2.38. The minimum Gasteiger partial charge on any atom is -0.318 e. The van der Waals surface area contributed by atoms with E-state index in [1.54, 1.807) is 7.05 Å². The number of rotatable bonds is 5. The molecule has 9 heteroatoms. The number of nitrogens with one attached hydrogen (secondary N) is 2. The highest BCUT2D eigenvalue weighted by atomic mass is 79.9. The van der Waals surface area contributed by atoms with Gasteiger partial charge >= 0.3 is 0 Å². The zero-order chi connectivity index (χ0) is 13.1. The van der Waals surface area contributed by atoms with Crippen molar-refractivity contribution in [2.24, 2.45) is 0 Å². The van der Waals surface area contributed by atoms with Gasteiger partial charge in [0, 0.05) is 13.1 Å². The number of halogens is 4. The van der Waals surface area contributed by atoms with Crippen molar-refractivity contribution in [3.05, 3.63) is 28.2 Å². The number of likely N-dealkylation sites (N-methyl/N-ethyl adjacent to an activating group) is 1. The van der Waals surface area contributed by atoms with Crippen LogP contribution < -0.4 is 10.0 Å². The van der Waals surface area contributed by atoms with E-state index in [1.165, 1.54) is 0 Å². The Morgan fingerprint density at radius 2 is 1.83 bits per heavy atom. The monoisotopic (exact) mass is 364 g/mol. The van der Waals surface area contributed by atoms with Crippen LogP contribution in [0.4, 0.5) is 8.78 Å². The number of benzene rings is 1. The van der Waals surface area contributed by atoms with Crippen molar-refractivity contribution in [2.45, 2.75) is 4.90 Å². The van der Waals surface area contributed by atoms with Crippen molar-refractivity contribution in [1.82, 2.24) is 10.0 Å². The van der Waals surface area contributed by atoms with Gasteiger partial charge in [-0.05, 0) is 35.1 Å². The molecule has 0 saturated heterocycles. The molecular weight excluding hydrogens is 354 g/mol. The summed E-state index contributed by atoms with van der Waals surface area (Å²) in [6.07, 6.45) is 0. The number of hydrogen-bond donors (Lipinski definition) is 2. The zero-order valence-corrected chi connectivity index (χ0v) is 12.6. The summed E-state index contributed by atoms with van der Waals surface area (Å²) in [5.41, 5.74) is 0. The van der Waals surface area contributed by atoms with E-state index in [9.17, 15) is 17.2 Å². The summed E-state index contributed by atoms with van der Waals surface area (Å²) in [5, 5.41) is 2.72. The van der Waals surface area contributed by atoms with Crippen LogP contribution >= 0.6 is 28.3 Å². The Hall–Kier alpha value is -0.280. The van der Waals surface area contributed by atoms with Gasteiger partial charge in [-0.25, -0.2) is 21.9 Å². The van der Waals surface area contributed by atoms with E-state index >= 15 is 0 Å².